The minimum Gasteiger partial charge on any atom is -0.361 e. The fourth-order valence-electron chi connectivity index (χ4n) is 3.36. The maximum atomic E-state index is 5.28. The molecule has 0 radical (unpaired) electrons. The van der Waals surface area contributed by atoms with E-state index in [1.807, 2.05) is 13.8 Å². The molecule has 0 spiro atoms. The van der Waals surface area contributed by atoms with Gasteiger partial charge in [-0.15, -0.1) is 0 Å². The van der Waals surface area contributed by atoms with Gasteiger partial charge in [0.25, 0.3) is 0 Å². The third-order valence-corrected chi connectivity index (χ3v) is 4.87. The zero-order valence-electron chi connectivity index (χ0n) is 12.8. The second-order valence-corrected chi connectivity index (χ2v) is 6.42. The van der Waals surface area contributed by atoms with Crippen molar-refractivity contribution in [3.63, 3.8) is 0 Å². The van der Waals surface area contributed by atoms with Gasteiger partial charge in [-0.1, -0.05) is 5.16 Å². The van der Waals surface area contributed by atoms with E-state index >= 15 is 0 Å². The number of H-pyrrole nitrogens is 1. The minimum absolute atomic E-state index is 0.735. The molecular formula is C16H22N4O. The lowest BCUT2D eigenvalue weighted by Gasteiger charge is -2.19. The lowest BCUT2D eigenvalue weighted by molar-refractivity contribution is 0.275. The van der Waals surface area contributed by atoms with Gasteiger partial charge in [-0.25, -0.2) is 0 Å². The average molecular weight is 286 g/mol. The van der Waals surface area contributed by atoms with E-state index in [0.717, 1.165) is 49.8 Å². The molecule has 5 heteroatoms. The van der Waals surface area contributed by atoms with Crippen molar-refractivity contribution in [2.24, 2.45) is 0 Å². The monoisotopic (exact) mass is 286 g/mol. The molecular weight excluding hydrogens is 264 g/mol. The molecule has 0 atom stereocenters. The van der Waals surface area contributed by atoms with Crippen LogP contribution in [0.25, 0.3) is 0 Å². The summed E-state index contributed by atoms with van der Waals surface area (Å²) in [7, 11) is 0. The Balaban J connectivity index is 1.49. The molecule has 3 heterocycles. The Morgan fingerprint density at radius 2 is 2.05 bits per heavy atom. The molecule has 21 heavy (non-hydrogen) atoms. The Morgan fingerprint density at radius 1 is 1.24 bits per heavy atom. The smallest absolute Gasteiger partial charge is 0.138 e. The minimum atomic E-state index is 0.735. The topological polar surface area (TPSA) is 58.0 Å². The van der Waals surface area contributed by atoms with E-state index < -0.39 is 0 Å². The van der Waals surface area contributed by atoms with Crippen LogP contribution in [-0.4, -0.2) is 33.3 Å². The number of aromatic nitrogens is 3. The van der Waals surface area contributed by atoms with Crippen molar-refractivity contribution in [3.8, 4) is 0 Å². The van der Waals surface area contributed by atoms with Crippen LogP contribution in [0.2, 0.25) is 0 Å². The first-order valence-corrected chi connectivity index (χ1v) is 7.92. The first kappa shape index (κ1) is 13.1. The lowest BCUT2D eigenvalue weighted by atomic mass is 10.1. The van der Waals surface area contributed by atoms with Gasteiger partial charge in [0, 0.05) is 43.2 Å². The summed E-state index contributed by atoms with van der Waals surface area (Å²) in [5.41, 5.74) is 6.48. The molecule has 1 aliphatic carbocycles. The van der Waals surface area contributed by atoms with Crippen molar-refractivity contribution in [1.82, 2.24) is 20.3 Å². The predicted molar refractivity (Wildman–Crippen MR) is 79.2 cm³/mol. The molecule has 0 amide bonds. The van der Waals surface area contributed by atoms with Crippen molar-refractivity contribution in [1.29, 1.82) is 0 Å². The lowest BCUT2D eigenvalue weighted by Crippen LogP contribution is -2.26. The number of hydrogen-bond donors (Lipinski definition) is 1. The summed E-state index contributed by atoms with van der Waals surface area (Å²) in [6, 6.07) is 0. The van der Waals surface area contributed by atoms with Crippen LogP contribution in [0.1, 0.15) is 52.7 Å². The van der Waals surface area contributed by atoms with Crippen LogP contribution in [0.15, 0.2) is 4.52 Å². The molecule has 4 rings (SSSR count). The normalized spacial score (nSPS) is 19.5. The maximum absolute atomic E-state index is 5.28. The fraction of sp³-hybridized carbons (Fsp3) is 0.625. The first-order valence-electron chi connectivity index (χ1n) is 7.92. The molecule has 0 unspecified atom stereocenters. The Morgan fingerprint density at radius 3 is 2.76 bits per heavy atom. The number of fused-ring (bicyclic) bond motifs is 1. The summed E-state index contributed by atoms with van der Waals surface area (Å²) in [6.45, 7) is 7.14. The van der Waals surface area contributed by atoms with Crippen molar-refractivity contribution in [2.45, 2.75) is 52.0 Å². The highest BCUT2D eigenvalue weighted by molar-refractivity contribution is 5.32. The molecule has 0 aromatic carbocycles. The molecule has 2 aliphatic rings. The molecule has 2 aromatic rings. The van der Waals surface area contributed by atoms with Crippen LogP contribution in [0.5, 0.6) is 0 Å². The molecule has 1 saturated carbocycles. The van der Waals surface area contributed by atoms with Gasteiger partial charge >= 0.3 is 0 Å². The molecule has 1 fully saturated rings. The second-order valence-electron chi connectivity index (χ2n) is 6.42. The van der Waals surface area contributed by atoms with Crippen LogP contribution < -0.4 is 0 Å². The van der Waals surface area contributed by atoms with Crippen LogP contribution in [0, 0.1) is 13.8 Å². The Kier molecular flexibility index (Phi) is 3.10. The number of rotatable bonds is 3. The van der Waals surface area contributed by atoms with Crippen LogP contribution >= 0.6 is 0 Å². The van der Waals surface area contributed by atoms with Gasteiger partial charge in [0.2, 0.25) is 0 Å². The van der Waals surface area contributed by atoms with Gasteiger partial charge < -0.3 is 4.52 Å². The number of aromatic amines is 1. The van der Waals surface area contributed by atoms with E-state index in [0.29, 0.717) is 0 Å². The number of nitrogens with zero attached hydrogens (tertiary/aromatic N) is 3. The van der Waals surface area contributed by atoms with Gasteiger partial charge in [-0.3, -0.25) is 10.00 Å². The van der Waals surface area contributed by atoms with Gasteiger partial charge in [0.1, 0.15) is 5.76 Å². The average Bonchev–Trinajstić information content (AvgIpc) is 3.22. The van der Waals surface area contributed by atoms with Crippen LogP contribution in [-0.2, 0) is 19.4 Å². The van der Waals surface area contributed by atoms with Crippen molar-refractivity contribution < 1.29 is 4.52 Å². The largest absolute Gasteiger partial charge is 0.361 e. The van der Waals surface area contributed by atoms with Crippen molar-refractivity contribution in [2.75, 3.05) is 13.1 Å². The zero-order valence-corrected chi connectivity index (χ0v) is 12.8. The highest BCUT2D eigenvalue weighted by Gasteiger charge is 2.31. The first-order chi connectivity index (χ1) is 10.2. The summed E-state index contributed by atoms with van der Waals surface area (Å²) in [5, 5.41) is 11.9. The molecule has 1 N–H and O–H groups in total. The van der Waals surface area contributed by atoms with E-state index in [9.17, 15) is 0 Å². The van der Waals surface area contributed by atoms with E-state index in [1.54, 1.807) is 0 Å². The van der Waals surface area contributed by atoms with E-state index in [-0.39, 0.29) is 0 Å². The molecule has 5 nitrogen and oxygen atoms in total. The van der Waals surface area contributed by atoms with Crippen molar-refractivity contribution in [3.05, 3.63) is 34.0 Å². The Labute approximate surface area is 124 Å². The highest BCUT2D eigenvalue weighted by atomic mass is 16.5. The summed E-state index contributed by atoms with van der Waals surface area (Å²) in [6.07, 6.45) is 4.82. The number of aryl methyl sites for hydroxylation is 2. The van der Waals surface area contributed by atoms with E-state index in [4.69, 9.17) is 4.52 Å². The van der Waals surface area contributed by atoms with Crippen LogP contribution in [0.3, 0.4) is 0 Å². The Bertz CT molecular complexity index is 634. The van der Waals surface area contributed by atoms with Crippen LogP contribution in [0.4, 0.5) is 0 Å². The SMILES string of the molecule is Cc1noc(C)c1CN1CCc2[nH]nc(C3CC3)c2CC1. The van der Waals surface area contributed by atoms with Crippen molar-refractivity contribution >= 4 is 0 Å². The Hall–Kier alpha value is -1.62. The number of hydrogen-bond acceptors (Lipinski definition) is 4. The van der Waals surface area contributed by atoms with Gasteiger partial charge in [0.15, 0.2) is 0 Å². The van der Waals surface area contributed by atoms with E-state index in [2.05, 4.69) is 20.3 Å². The zero-order chi connectivity index (χ0) is 14.4. The van der Waals surface area contributed by atoms with Gasteiger partial charge in [0.05, 0.1) is 11.4 Å². The second kappa shape index (κ2) is 4.98. The molecule has 0 bridgehead atoms. The third kappa shape index (κ3) is 2.39. The highest BCUT2D eigenvalue weighted by Crippen LogP contribution is 2.41. The summed E-state index contributed by atoms with van der Waals surface area (Å²) in [5.74, 6) is 1.69. The molecule has 112 valence electrons. The third-order valence-electron chi connectivity index (χ3n) is 4.87. The molecule has 1 aliphatic heterocycles. The van der Waals surface area contributed by atoms with Gasteiger partial charge in [-0.2, -0.15) is 5.10 Å². The predicted octanol–water partition coefficient (Wildman–Crippen LogP) is 2.49. The number of nitrogens with one attached hydrogen (secondary N) is 1. The fourth-order valence-corrected chi connectivity index (χ4v) is 3.36. The van der Waals surface area contributed by atoms with Gasteiger partial charge in [-0.05, 0) is 38.7 Å². The molecule has 0 saturated heterocycles. The van der Waals surface area contributed by atoms with E-state index in [1.165, 1.54) is 35.4 Å². The molecule has 2 aromatic heterocycles. The summed E-state index contributed by atoms with van der Waals surface area (Å²) < 4.78 is 5.28. The summed E-state index contributed by atoms with van der Waals surface area (Å²) in [4.78, 5) is 2.51. The maximum Gasteiger partial charge on any atom is 0.138 e. The summed E-state index contributed by atoms with van der Waals surface area (Å²) >= 11 is 0. The quantitative estimate of drug-likeness (QED) is 0.942. The standard InChI is InChI=1S/C16H22N4O/c1-10-14(11(2)21-19-10)9-20-7-5-13-15(6-8-20)17-18-16(13)12-3-4-12/h12H,3-9H2,1-2H3,(H,17,18).